The van der Waals surface area contributed by atoms with E-state index in [0.29, 0.717) is 40.2 Å². The molecule has 0 bridgehead atoms. The van der Waals surface area contributed by atoms with Gasteiger partial charge in [-0.25, -0.2) is 4.79 Å². The van der Waals surface area contributed by atoms with Crippen molar-refractivity contribution >= 4 is 16.9 Å². The summed E-state index contributed by atoms with van der Waals surface area (Å²) in [6, 6.07) is 22.0. The van der Waals surface area contributed by atoms with Gasteiger partial charge in [-0.2, -0.15) is 0 Å². The van der Waals surface area contributed by atoms with Crippen LogP contribution in [-0.4, -0.2) is 27.3 Å². The smallest absolute Gasteiger partial charge is 0.338 e. The van der Waals surface area contributed by atoms with E-state index in [1.165, 1.54) is 19.8 Å². The van der Waals surface area contributed by atoms with Crippen molar-refractivity contribution in [1.82, 2.24) is 0 Å². The van der Waals surface area contributed by atoms with Crippen LogP contribution in [0.4, 0.5) is 0 Å². The molecular weight excluding hydrogens is 380 g/mol. The molecule has 0 aliphatic heterocycles. The largest absolute Gasteiger partial charge is 0.493 e. The van der Waals surface area contributed by atoms with Crippen molar-refractivity contribution < 1.29 is 23.4 Å². The minimum absolute atomic E-state index is 0.375. The Hall–Kier alpha value is -3.73. The number of benzene rings is 3. The fourth-order valence-electron chi connectivity index (χ4n) is 3.55. The second-order valence-electron chi connectivity index (χ2n) is 6.85. The van der Waals surface area contributed by atoms with Gasteiger partial charge in [-0.15, -0.1) is 0 Å². The molecule has 0 saturated carbocycles. The Morgan fingerprint density at radius 3 is 2.20 bits per heavy atom. The van der Waals surface area contributed by atoms with Crippen LogP contribution in [0.2, 0.25) is 0 Å². The van der Waals surface area contributed by atoms with Crippen LogP contribution in [0.5, 0.6) is 11.5 Å². The number of ether oxygens (including phenoxy) is 3. The van der Waals surface area contributed by atoms with Crippen molar-refractivity contribution in [3.05, 3.63) is 83.6 Å². The molecule has 4 rings (SSSR count). The average Bonchev–Trinajstić information content (AvgIpc) is 3.21. The van der Waals surface area contributed by atoms with E-state index >= 15 is 0 Å². The van der Waals surface area contributed by atoms with Gasteiger partial charge in [-0.05, 0) is 28.8 Å². The molecule has 1 aromatic heterocycles. The molecule has 3 aromatic carbocycles. The molecule has 5 heteroatoms. The fraction of sp³-hybridized carbons (Fsp3) is 0.160. The summed E-state index contributed by atoms with van der Waals surface area (Å²) in [6.45, 7) is 0. The van der Waals surface area contributed by atoms with Gasteiger partial charge in [0.15, 0.2) is 11.3 Å². The number of fused-ring (bicyclic) bond motifs is 1. The molecule has 0 N–H and O–H groups in total. The van der Waals surface area contributed by atoms with Crippen LogP contribution >= 0.6 is 0 Å². The number of rotatable bonds is 6. The van der Waals surface area contributed by atoms with Gasteiger partial charge in [0.1, 0.15) is 5.76 Å². The van der Waals surface area contributed by atoms with E-state index in [-0.39, 0.29) is 0 Å². The highest BCUT2D eigenvalue weighted by molar-refractivity contribution is 6.06. The number of carbonyl (C=O) groups excluding carboxylic acids is 1. The van der Waals surface area contributed by atoms with E-state index in [2.05, 4.69) is 36.4 Å². The predicted molar refractivity (Wildman–Crippen MR) is 115 cm³/mol. The summed E-state index contributed by atoms with van der Waals surface area (Å²) < 4.78 is 21.8. The Morgan fingerprint density at radius 2 is 1.57 bits per heavy atom. The Balaban J connectivity index is 1.70. The summed E-state index contributed by atoms with van der Waals surface area (Å²) in [5, 5.41) is 0.635. The zero-order valence-corrected chi connectivity index (χ0v) is 17.1. The van der Waals surface area contributed by atoms with Gasteiger partial charge in [0.05, 0.1) is 26.9 Å². The van der Waals surface area contributed by atoms with Gasteiger partial charge in [0.25, 0.3) is 0 Å². The number of esters is 1. The van der Waals surface area contributed by atoms with Crippen LogP contribution in [0.15, 0.2) is 71.1 Å². The summed E-state index contributed by atoms with van der Waals surface area (Å²) >= 11 is 0. The Kier molecular flexibility index (Phi) is 5.44. The van der Waals surface area contributed by atoms with Gasteiger partial charge in [0, 0.05) is 11.8 Å². The summed E-state index contributed by atoms with van der Waals surface area (Å²) in [6.07, 6.45) is 0.579. The first-order valence-corrected chi connectivity index (χ1v) is 9.54. The molecule has 0 aliphatic carbocycles. The summed E-state index contributed by atoms with van der Waals surface area (Å²) in [5.74, 6) is 1.12. The Labute approximate surface area is 174 Å². The quantitative estimate of drug-likeness (QED) is 0.399. The third-order valence-corrected chi connectivity index (χ3v) is 5.05. The number of furan rings is 1. The van der Waals surface area contributed by atoms with Gasteiger partial charge in [-0.1, -0.05) is 54.6 Å². The summed E-state index contributed by atoms with van der Waals surface area (Å²) in [7, 11) is 4.41. The van der Waals surface area contributed by atoms with E-state index < -0.39 is 5.97 Å². The number of hydrogen-bond acceptors (Lipinski definition) is 5. The van der Waals surface area contributed by atoms with Crippen molar-refractivity contribution in [2.45, 2.75) is 6.42 Å². The molecule has 0 spiro atoms. The Bertz CT molecular complexity index is 1170. The molecule has 5 nitrogen and oxygen atoms in total. The lowest BCUT2D eigenvalue weighted by atomic mass is 10.0. The second-order valence-corrected chi connectivity index (χ2v) is 6.85. The molecule has 0 aliphatic rings. The van der Waals surface area contributed by atoms with Crippen molar-refractivity contribution in [3.8, 4) is 22.6 Å². The molecule has 30 heavy (non-hydrogen) atoms. The minimum Gasteiger partial charge on any atom is -0.493 e. The maximum Gasteiger partial charge on any atom is 0.338 e. The van der Waals surface area contributed by atoms with E-state index in [1.54, 1.807) is 13.2 Å². The van der Waals surface area contributed by atoms with Crippen LogP contribution in [0.25, 0.3) is 22.1 Å². The molecule has 0 atom stereocenters. The predicted octanol–water partition coefficient (Wildman–Crippen LogP) is 5.49. The van der Waals surface area contributed by atoms with Crippen LogP contribution in [-0.2, 0) is 11.2 Å². The maximum atomic E-state index is 12.3. The molecular formula is C25H22O5. The summed E-state index contributed by atoms with van der Waals surface area (Å²) in [4.78, 5) is 12.3. The molecule has 0 amide bonds. The van der Waals surface area contributed by atoms with E-state index in [4.69, 9.17) is 18.6 Å². The molecule has 0 radical (unpaired) electrons. The van der Waals surface area contributed by atoms with Gasteiger partial charge in [-0.3, -0.25) is 0 Å². The van der Waals surface area contributed by atoms with E-state index in [0.717, 1.165) is 11.1 Å². The van der Waals surface area contributed by atoms with E-state index in [1.807, 2.05) is 24.3 Å². The van der Waals surface area contributed by atoms with Crippen LogP contribution in [0.3, 0.4) is 0 Å². The highest BCUT2D eigenvalue weighted by Crippen LogP contribution is 2.40. The first-order chi connectivity index (χ1) is 14.6. The normalized spacial score (nSPS) is 10.8. The van der Waals surface area contributed by atoms with E-state index in [9.17, 15) is 4.79 Å². The third-order valence-electron chi connectivity index (χ3n) is 5.05. The second kappa shape index (κ2) is 8.33. The number of carbonyl (C=O) groups is 1. The molecule has 0 fully saturated rings. The van der Waals surface area contributed by atoms with Gasteiger partial charge in [0.2, 0.25) is 5.75 Å². The van der Waals surface area contributed by atoms with Crippen molar-refractivity contribution in [3.63, 3.8) is 0 Å². The monoisotopic (exact) mass is 402 g/mol. The summed E-state index contributed by atoms with van der Waals surface area (Å²) in [5.41, 5.74) is 4.27. The molecule has 152 valence electrons. The first-order valence-electron chi connectivity index (χ1n) is 9.54. The number of methoxy groups -OCH3 is 3. The van der Waals surface area contributed by atoms with Crippen LogP contribution < -0.4 is 9.47 Å². The topological polar surface area (TPSA) is 57.9 Å². The lowest BCUT2D eigenvalue weighted by molar-refractivity contribution is 0.0602. The standard InChI is InChI=1S/C25H22O5/c1-27-22-15-21(25(26)29-3)20-14-19(30-23(20)24(22)28-2)13-16-9-11-18(12-10-16)17-7-5-4-6-8-17/h4-12,14-15H,13H2,1-3H3. The lowest BCUT2D eigenvalue weighted by Gasteiger charge is -2.10. The molecule has 0 saturated heterocycles. The van der Waals surface area contributed by atoms with Crippen LogP contribution in [0, 0.1) is 0 Å². The van der Waals surface area contributed by atoms with Crippen molar-refractivity contribution in [1.29, 1.82) is 0 Å². The zero-order chi connectivity index (χ0) is 21.1. The first kappa shape index (κ1) is 19.6. The lowest BCUT2D eigenvalue weighted by Crippen LogP contribution is -2.03. The van der Waals surface area contributed by atoms with Crippen LogP contribution in [0.1, 0.15) is 21.7 Å². The average molecular weight is 402 g/mol. The zero-order valence-electron chi connectivity index (χ0n) is 17.1. The van der Waals surface area contributed by atoms with Gasteiger partial charge >= 0.3 is 5.97 Å². The highest BCUT2D eigenvalue weighted by Gasteiger charge is 2.22. The Morgan fingerprint density at radius 1 is 0.867 bits per heavy atom. The maximum absolute atomic E-state index is 12.3. The fourth-order valence-corrected chi connectivity index (χ4v) is 3.55. The molecule has 0 unspecified atom stereocenters. The molecule has 1 heterocycles. The minimum atomic E-state index is -0.458. The van der Waals surface area contributed by atoms with Crippen molar-refractivity contribution in [2.24, 2.45) is 0 Å². The molecule has 4 aromatic rings. The van der Waals surface area contributed by atoms with Gasteiger partial charge < -0.3 is 18.6 Å². The van der Waals surface area contributed by atoms with Crippen molar-refractivity contribution in [2.75, 3.05) is 21.3 Å². The SMILES string of the molecule is COC(=O)c1cc(OC)c(OC)c2oc(Cc3ccc(-c4ccccc4)cc3)cc12. The highest BCUT2D eigenvalue weighted by atomic mass is 16.5. The number of hydrogen-bond donors (Lipinski definition) is 0. The third kappa shape index (κ3) is 3.62.